The predicted octanol–water partition coefficient (Wildman–Crippen LogP) is 4.39. The molecule has 1 fully saturated rings. The second-order valence-corrected chi connectivity index (χ2v) is 7.37. The van der Waals surface area contributed by atoms with Gasteiger partial charge in [0.15, 0.2) is 0 Å². The number of methoxy groups -OCH3 is 1. The number of nitrogens with one attached hydrogen (secondary N) is 1. The Morgan fingerprint density at radius 2 is 1.83 bits per heavy atom. The standard InChI is InChI=1S/C22H21ClN4O3/c1-30-21-13-16-5-3-2-4-15(16)12-18(21)22(26-10-8-24-9-11-26)25-17-6-7-19(23)20(14-17)27(28)29/h2-7,12-14,24H,8-11H2,1H3. The van der Waals surface area contributed by atoms with E-state index < -0.39 is 4.92 Å². The zero-order valence-corrected chi connectivity index (χ0v) is 17.2. The van der Waals surface area contributed by atoms with Crippen LogP contribution in [0.3, 0.4) is 0 Å². The van der Waals surface area contributed by atoms with Gasteiger partial charge in [0.05, 0.1) is 23.3 Å². The van der Waals surface area contributed by atoms with Crippen LogP contribution in [-0.4, -0.2) is 48.9 Å². The maximum absolute atomic E-state index is 11.3. The lowest BCUT2D eigenvalue weighted by molar-refractivity contribution is -0.384. The molecule has 154 valence electrons. The van der Waals surface area contributed by atoms with E-state index in [2.05, 4.69) is 16.3 Å². The molecule has 0 aromatic heterocycles. The van der Waals surface area contributed by atoms with Crippen molar-refractivity contribution in [1.29, 1.82) is 0 Å². The second-order valence-electron chi connectivity index (χ2n) is 6.96. The Bertz CT molecular complexity index is 1130. The number of benzene rings is 3. The average Bonchev–Trinajstić information content (AvgIpc) is 2.78. The summed E-state index contributed by atoms with van der Waals surface area (Å²) in [5.41, 5.74) is 1.15. The highest BCUT2D eigenvalue weighted by Gasteiger charge is 2.21. The van der Waals surface area contributed by atoms with Gasteiger partial charge < -0.3 is 15.0 Å². The molecule has 30 heavy (non-hydrogen) atoms. The van der Waals surface area contributed by atoms with E-state index in [4.69, 9.17) is 21.3 Å². The molecule has 0 atom stereocenters. The molecule has 1 N–H and O–H groups in total. The van der Waals surface area contributed by atoms with E-state index in [0.717, 1.165) is 48.4 Å². The summed E-state index contributed by atoms with van der Waals surface area (Å²) in [7, 11) is 1.64. The van der Waals surface area contributed by atoms with Crippen molar-refractivity contribution in [2.45, 2.75) is 0 Å². The minimum Gasteiger partial charge on any atom is -0.496 e. The number of hydrogen-bond donors (Lipinski definition) is 1. The molecule has 1 aliphatic rings. The number of nitro benzene ring substituents is 1. The molecule has 0 radical (unpaired) electrons. The van der Waals surface area contributed by atoms with E-state index in [1.54, 1.807) is 13.2 Å². The van der Waals surface area contributed by atoms with Gasteiger partial charge in [0.25, 0.3) is 5.69 Å². The third kappa shape index (κ3) is 4.08. The highest BCUT2D eigenvalue weighted by atomic mass is 35.5. The first-order chi connectivity index (χ1) is 14.6. The first-order valence-electron chi connectivity index (χ1n) is 9.62. The summed E-state index contributed by atoms with van der Waals surface area (Å²) in [5.74, 6) is 1.42. The van der Waals surface area contributed by atoms with Gasteiger partial charge in [-0.15, -0.1) is 0 Å². The number of nitrogens with zero attached hydrogens (tertiary/aromatic N) is 3. The fraction of sp³-hybridized carbons (Fsp3) is 0.227. The predicted molar refractivity (Wildman–Crippen MR) is 119 cm³/mol. The highest BCUT2D eigenvalue weighted by molar-refractivity contribution is 6.32. The Labute approximate surface area is 179 Å². The number of halogens is 1. The zero-order chi connectivity index (χ0) is 21.1. The molecule has 4 rings (SSSR count). The number of amidine groups is 1. The molecule has 3 aromatic rings. The molecule has 7 nitrogen and oxygen atoms in total. The van der Waals surface area contributed by atoms with Crippen molar-refractivity contribution in [3.05, 3.63) is 75.3 Å². The number of ether oxygens (including phenoxy) is 1. The van der Waals surface area contributed by atoms with Crippen LogP contribution in [0.5, 0.6) is 5.75 Å². The minimum absolute atomic E-state index is 0.0889. The highest BCUT2D eigenvalue weighted by Crippen LogP contribution is 2.32. The molecule has 8 heteroatoms. The normalized spacial score (nSPS) is 14.7. The summed E-state index contributed by atoms with van der Waals surface area (Å²) in [6.07, 6.45) is 0. The lowest BCUT2D eigenvalue weighted by Gasteiger charge is -2.31. The summed E-state index contributed by atoms with van der Waals surface area (Å²) < 4.78 is 5.69. The molecule has 3 aromatic carbocycles. The summed E-state index contributed by atoms with van der Waals surface area (Å²) >= 11 is 5.98. The van der Waals surface area contributed by atoms with Crippen LogP contribution in [0.15, 0.2) is 59.6 Å². The van der Waals surface area contributed by atoms with Crippen LogP contribution < -0.4 is 10.1 Å². The summed E-state index contributed by atoms with van der Waals surface area (Å²) in [4.78, 5) is 17.8. The van der Waals surface area contributed by atoms with Crippen LogP contribution in [0.25, 0.3) is 10.8 Å². The molecular formula is C22H21ClN4O3. The molecule has 1 heterocycles. The average molecular weight is 425 g/mol. The topological polar surface area (TPSA) is 80.0 Å². The maximum atomic E-state index is 11.3. The SMILES string of the molecule is COc1cc2ccccc2cc1C(=Nc1ccc(Cl)c([N+](=O)[O-])c1)N1CCNCC1. The van der Waals surface area contributed by atoms with Gasteiger partial charge >= 0.3 is 0 Å². The Kier molecular flexibility index (Phi) is 5.83. The lowest BCUT2D eigenvalue weighted by atomic mass is 10.0. The molecule has 0 saturated carbocycles. The molecular weight excluding hydrogens is 404 g/mol. The van der Waals surface area contributed by atoms with Crippen molar-refractivity contribution in [1.82, 2.24) is 10.2 Å². The number of piperazine rings is 1. The Morgan fingerprint density at radius 1 is 1.13 bits per heavy atom. The van der Waals surface area contributed by atoms with E-state index in [1.165, 1.54) is 12.1 Å². The fourth-order valence-electron chi connectivity index (χ4n) is 3.57. The number of hydrogen-bond acceptors (Lipinski definition) is 5. The van der Waals surface area contributed by atoms with Crippen molar-refractivity contribution < 1.29 is 9.66 Å². The van der Waals surface area contributed by atoms with Crippen molar-refractivity contribution >= 4 is 39.6 Å². The zero-order valence-electron chi connectivity index (χ0n) is 16.5. The van der Waals surface area contributed by atoms with Gasteiger partial charge in [-0.1, -0.05) is 35.9 Å². The largest absolute Gasteiger partial charge is 0.496 e. The van der Waals surface area contributed by atoms with Crippen molar-refractivity contribution in [3.63, 3.8) is 0 Å². The first kappa shape index (κ1) is 20.1. The quantitative estimate of drug-likeness (QED) is 0.291. The number of fused-ring (bicyclic) bond motifs is 1. The monoisotopic (exact) mass is 424 g/mol. The number of nitro groups is 1. The Hall–Kier alpha value is -3.16. The molecule has 0 amide bonds. The van der Waals surface area contributed by atoms with Crippen LogP contribution in [0, 0.1) is 10.1 Å². The van der Waals surface area contributed by atoms with E-state index in [1.807, 2.05) is 30.3 Å². The third-order valence-electron chi connectivity index (χ3n) is 5.09. The van der Waals surface area contributed by atoms with E-state index in [0.29, 0.717) is 11.4 Å². The van der Waals surface area contributed by atoms with Crippen LogP contribution >= 0.6 is 11.6 Å². The van der Waals surface area contributed by atoms with E-state index in [9.17, 15) is 10.1 Å². The van der Waals surface area contributed by atoms with Gasteiger partial charge in [0.1, 0.15) is 16.6 Å². The van der Waals surface area contributed by atoms with Gasteiger partial charge in [0, 0.05) is 32.2 Å². The summed E-state index contributed by atoms with van der Waals surface area (Å²) in [5, 5.41) is 16.9. The third-order valence-corrected chi connectivity index (χ3v) is 5.41. The van der Waals surface area contributed by atoms with Gasteiger partial charge in [-0.25, -0.2) is 4.99 Å². The van der Waals surface area contributed by atoms with Crippen molar-refractivity contribution in [3.8, 4) is 5.75 Å². The first-order valence-corrected chi connectivity index (χ1v) is 10.00. The van der Waals surface area contributed by atoms with Crippen LogP contribution in [0.4, 0.5) is 11.4 Å². The fourth-order valence-corrected chi connectivity index (χ4v) is 3.76. The van der Waals surface area contributed by atoms with Crippen molar-refractivity contribution in [2.24, 2.45) is 4.99 Å². The lowest BCUT2D eigenvalue weighted by Crippen LogP contribution is -2.46. The summed E-state index contributed by atoms with van der Waals surface area (Å²) in [6, 6.07) is 16.7. The van der Waals surface area contributed by atoms with Crippen LogP contribution in [0.1, 0.15) is 5.56 Å². The van der Waals surface area contributed by atoms with Crippen LogP contribution in [0.2, 0.25) is 5.02 Å². The van der Waals surface area contributed by atoms with E-state index in [-0.39, 0.29) is 10.7 Å². The molecule has 0 spiro atoms. The van der Waals surface area contributed by atoms with Gasteiger partial charge in [-0.2, -0.15) is 0 Å². The van der Waals surface area contributed by atoms with E-state index >= 15 is 0 Å². The molecule has 0 aliphatic carbocycles. The number of rotatable bonds is 4. The van der Waals surface area contributed by atoms with Gasteiger partial charge in [0.2, 0.25) is 0 Å². The second kappa shape index (κ2) is 8.69. The van der Waals surface area contributed by atoms with Crippen LogP contribution in [-0.2, 0) is 0 Å². The van der Waals surface area contributed by atoms with Gasteiger partial charge in [-0.3, -0.25) is 10.1 Å². The number of aliphatic imine (C=N–C) groups is 1. The molecule has 0 unspecified atom stereocenters. The molecule has 0 bridgehead atoms. The summed E-state index contributed by atoms with van der Waals surface area (Å²) in [6.45, 7) is 3.19. The molecule has 1 aliphatic heterocycles. The smallest absolute Gasteiger partial charge is 0.290 e. The van der Waals surface area contributed by atoms with Gasteiger partial charge in [-0.05, 0) is 35.0 Å². The Morgan fingerprint density at radius 3 is 2.50 bits per heavy atom. The molecule has 1 saturated heterocycles. The minimum atomic E-state index is -0.498. The van der Waals surface area contributed by atoms with Crippen molar-refractivity contribution in [2.75, 3.05) is 33.3 Å². The Balaban J connectivity index is 1.89. The maximum Gasteiger partial charge on any atom is 0.290 e.